The third-order valence-electron chi connectivity index (χ3n) is 11.4. The Morgan fingerprint density at radius 1 is 0.393 bits per heavy atom. The number of aryl methyl sites for hydroxylation is 1. The molecule has 0 N–H and O–H groups in total. The van der Waals surface area contributed by atoms with Crippen LogP contribution >= 0.6 is 0 Å². The van der Waals surface area contributed by atoms with Gasteiger partial charge in [0, 0.05) is 38.7 Å². The number of nitrogens with zero attached hydrogens (tertiary/aromatic N) is 5. The minimum Gasteiger partial charge on any atom is -0.309 e. The zero-order chi connectivity index (χ0) is 37.0. The predicted molar refractivity (Wildman–Crippen MR) is 229 cm³/mol. The number of hydrogen-bond acceptors (Lipinski definition) is 3. The maximum absolute atomic E-state index is 5.38. The third-order valence-corrected chi connectivity index (χ3v) is 11.4. The molecule has 0 fully saturated rings. The molecule has 11 rings (SSSR count). The molecule has 3 aromatic heterocycles. The lowest BCUT2D eigenvalue weighted by Crippen LogP contribution is -2.11. The molecular formula is C51H37N5. The molecule has 0 aliphatic heterocycles. The minimum absolute atomic E-state index is 0.648. The van der Waals surface area contributed by atoms with Crippen LogP contribution in [0.15, 0.2) is 176 Å². The van der Waals surface area contributed by atoms with E-state index >= 15 is 0 Å². The molecule has 0 amide bonds. The fourth-order valence-electron chi connectivity index (χ4n) is 8.82. The van der Waals surface area contributed by atoms with Crippen molar-refractivity contribution in [1.82, 2.24) is 24.1 Å². The fourth-order valence-corrected chi connectivity index (χ4v) is 8.82. The van der Waals surface area contributed by atoms with Crippen LogP contribution in [0.25, 0.3) is 89.4 Å². The molecule has 56 heavy (non-hydrogen) atoms. The van der Waals surface area contributed by atoms with Crippen molar-refractivity contribution in [2.24, 2.45) is 0 Å². The lowest BCUT2D eigenvalue weighted by molar-refractivity contribution is 0.661. The highest BCUT2D eigenvalue weighted by atomic mass is 15.2. The van der Waals surface area contributed by atoms with E-state index in [1.54, 1.807) is 0 Å². The summed E-state index contributed by atoms with van der Waals surface area (Å²) in [7, 11) is 0. The predicted octanol–water partition coefficient (Wildman–Crippen LogP) is 12.5. The molecule has 1 aliphatic carbocycles. The first-order valence-corrected chi connectivity index (χ1v) is 19.5. The van der Waals surface area contributed by atoms with E-state index in [0.717, 1.165) is 70.3 Å². The summed E-state index contributed by atoms with van der Waals surface area (Å²) in [6.07, 6.45) is 4.25. The van der Waals surface area contributed by atoms with Gasteiger partial charge in [-0.25, -0.2) is 4.98 Å². The average Bonchev–Trinajstić information content (AvgIpc) is 3.80. The molecule has 3 heterocycles. The highest BCUT2D eigenvalue weighted by Gasteiger charge is 2.27. The molecule has 7 aromatic carbocycles. The van der Waals surface area contributed by atoms with Crippen LogP contribution in [-0.2, 0) is 12.8 Å². The monoisotopic (exact) mass is 719 g/mol. The second kappa shape index (κ2) is 13.3. The Balaban J connectivity index is 1.19. The van der Waals surface area contributed by atoms with Crippen molar-refractivity contribution in [3.63, 3.8) is 0 Å². The molecular weight excluding hydrogens is 683 g/mol. The molecule has 0 spiro atoms. The number of para-hydroxylation sites is 2. The fraction of sp³-hybridized carbons (Fsp3) is 0.0784. The Labute approximate surface area is 325 Å². The Kier molecular flexibility index (Phi) is 7.69. The van der Waals surface area contributed by atoms with Crippen molar-refractivity contribution in [3.8, 4) is 56.7 Å². The molecule has 0 atom stereocenters. The second-order valence-corrected chi connectivity index (χ2v) is 14.7. The number of hydrogen-bond donors (Lipinski definition) is 0. The maximum atomic E-state index is 5.38. The van der Waals surface area contributed by atoms with Gasteiger partial charge in [-0.15, -0.1) is 0 Å². The van der Waals surface area contributed by atoms with E-state index in [1.165, 1.54) is 38.4 Å². The highest BCUT2D eigenvalue weighted by Crippen LogP contribution is 2.43. The summed E-state index contributed by atoms with van der Waals surface area (Å²) in [4.78, 5) is 16.0. The summed E-state index contributed by atoms with van der Waals surface area (Å²) in [6.45, 7) is 0. The van der Waals surface area contributed by atoms with Gasteiger partial charge in [0.25, 0.3) is 0 Å². The van der Waals surface area contributed by atoms with E-state index in [9.17, 15) is 0 Å². The van der Waals surface area contributed by atoms with Crippen LogP contribution in [0.5, 0.6) is 0 Å². The average molecular weight is 720 g/mol. The molecule has 0 unspecified atom stereocenters. The topological polar surface area (TPSA) is 48.5 Å². The first-order valence-electron chi connectivity index (χ1n) is 19.5. The molecule has 0 bridgehead atoms. The van der Waals surface area contributed by atoms with Gasteiger partial charge in [-0.05, 0) is 89.9 Å². The van der Waals surface area contributed by atoms with E-state index in [-0.39, 0.29) is 0 Å². The van der Waals surface area contributed by atoms with Crippen molar-refractivity contribution in [2.45, 2.75) is 25.7 Å². The van der Waals surface area contributed by atoms with E-state index < -0.39 is 0 Å². The van der Waals surface area contributed by atoms with Crippen molar-refractivity contribution >= 4 is 32.7 Å². The lowest BCUT2D eigenvalue weighted by Gasteiger charge is -2.16. The maximum Gasteiger partial charge on any atom is 0.238 e. The number of benzene rings is 7. The van der Waals surface area contributed by atoms with Gasteiger partial charge in [0.2, 0.25) is 5.95 Å². The molecule has 5 heteroatoms. The second-order valence-electron chi connectivity index (χ2n) is 14.7. The number of fused-ring (bicyclic) bond motifs is 7. The molecule has 10 aromatic rings. The Morgan fingerprint density at radius 3 is 1.61 bits per heavy atom. The summed E-state index contributed by atoms with van der Waals surface area (Å²) in [6, 6.07) is 62.3. The number of rotatable bonds is 6. The number of aromatic nitrogens is 5. The smallest absolute Gasteiger partial charge is 0.238 e. The van der Waals surface area contributed by atoms with Crippen LogP contribution in [0.1, 0.15) is 24.1 Å². The molecule has 0 saturated heterocycles. The van der Waals surface area contributed by atoms with Gasteiger partial charge in [-0.2, -0.15) is 9.97 Å². The van der Waals surface area contributed by atoms with Crippen LogP contribution in [0.3, 0.4) is 0 Å². The first kappa shape index (κ1) is 32.3. The third kappa shape index (κ3) is 5.35. The van der Waals surface area contributed by atoms with Crippen LogP contribution in [0.4, 0.5) is 0 Å². The van der Waals surface area contributed by atoms with Crippen LogP contribution < -0.4 is 0 Å². The Morgan fingerprint density at radius 2 is 0.946 bits per heavy atom. The molecule has 1 aliphatic rings. The van der Waals surface area contributed by atoms with Gasteiger partial charge in [0.1, 0.15) is 0 Å². The van der Waals surface area contributed by atoms with Gasteiger partial charge in [-0.3, -0.25) is 4.57 Å². The van der Waals surface area contributed by atoms with Crippen molar-refractivity contribution in [3.05, 3.63) is 187 Å². The van der Waals surface area contributed by atoms with Crippen LogP contribution in [-0.4, -0.2) is 24.1 Å². The normalized spacial score (nSPS) is 12.7. The van der Waals surface area contributed by atoms with Gasteiger partial charge in [0.05, 0.1) is 16.6 Å². The van der Waals surface area contributed by atoms with Crippen molar-refractivity contribution < 1.29 is 0 Å². The summed E-state index contributed by atoms with van der Waals surface area (Å²) in [5.74, 6) is 1.95. The van der Waals surface area contributed by atoms with E-state index in [1.807, 2.05) is 0 Å². The Bertz CT molecular complexity index is 2970. The highest BCUT2D eigenvalue weighted by molar-refractivity contribution is 6.19. The van der Waals surface area contributed by atoms with E-state index in [0.29, 0.717) is 17.6 Å². The Hall–Kier alpha value is -7.11. The van der Waals surface area contributed by atoms with E-state index in [2.05, 4.69) is 185 Å². The summed E-state index contributed by atoms with van der Waals surface area (Å²) in [5.41, 5.74) is 13.9. The van der Waals surface area contributed by atoms with Crippen LogP contribution in [0.2, 0.25) is 0 Å². The van der Waals surface area contributed by atoms with Crippen molar-refractivity contribution in [1.29, 1.82) is 0 Å². The molecule has 5 nitrogen and oxygen atoms in total. The van der Waals surface area contributed by atoms with E-state index in [4.69, 9.17) is 15.0 Å². The summed E-state index contributed by atoms with van der Waals surface area (Å²) in [5, 5.41) is 3.81. The van der Waals surface area contributed by atoms with Crippen LogP contribution in [0, 0.1) is 0 Å². The lowest BCUT2D eigenvalue weighted by atomic mass is 9.94. The minimum atomic E-state index is 0.648. The van der Waals surface area contributed by atoms with Gasteiger partial charge < -0.3 is 4.57 Å². The SMILES string of the molecule is c1ccc(-c2cccc(-c3nc(-c4cccc(-c5ccccc5)c4)nc(-n4c5c(c6c4ccc4c7ccccc7n(-c7ccccc7)c46)CCCC5)n3)c2)cc1. The van der Waals surface area contributed by atoms with Crippen molar-refractivity contribution in [2.75, 3.05) is 0 Å². The zero-order valence-corrected chi connectivity index (χ0v) is 30.8. The quantitative estimate of drug-likeness (QED) is 0.172. The summed E-state index contributed by atoms with van der Waals surface area (Å²) < 4.78 is 4.81. The largest absolute Gasteiger partial charge is 0.309 e. The molecule has 266 valence electrons. The van der Waals surface area contributed by atoms with Gasteiger partial charge in [0.15, 0.2) is 11.6 Å². The zero-order valence-electron chi connectivity index (χ0n) is 30.8. The first-order chi connectivity index (χ1) is 27.8. The summed E-state index contributed by atoms with van der Waals surface area (Å²) >= 11 is 0. The standard InChI is InChI=1S/C51H37N5/c1-4-16-34(17-5-1)36-20-14-22-38(32-36)49-52-50(39-23-15-21-37(33-39)35-18-6-2-7-19-35)54-51(53-49)56-45-29-13-11-27-43(45)47-46(56)31-30-42-41-26-10-12-28-44(41)55(48(42)47)40-24-8-3-9-25-40/h1-10,12,14-26,28,30-33H,11,13,27,29H2. The van der Waals surface area contributed by atoms with Gasteiger partial charge in [-0.1, -0.05) is 140 Å². The molecule has 0 saturated carbocycles. The molecule has 0 radical (unpaired) electrons. The van der Waals surface area contributed by atoms with Gasteiger partial charge >= 0.3 is 0 Å².